The first kappa shape index (κ1) is 16.8. The van der Waals surface area contributed by atoms with Crippen LogP contribution in [0.1, 0.15) is 16.7 Å². The highest BCUT2D eigenvalue weighted by Gasteiger charge is 2.26. The Labute approximate surface area is 146 Å². The summed E-state index contributed by atoms with van der Waals surface area (Å²) in [5.41, 5.74) is 0.664. The predicted octanol–water partition coefficient (Wildman–Crippen LogP) is 4.04. The molecule has 25 heavy (non-hydrogen) atoms. The van der Waals surface area contributed by atoms with Gasteiger partial charge in [-0.15, -0.1) is 0 Å². The van der Waals surface area contributed by atoms with Crippen molar-refractivity contribution >= 4 is 35.2 Å². The molecule has 0 unspecified atom stereocenters. The van der Waals surface area contributed by atoms with Crippen LogP contribution in [0.15, 0.2) is 47.1 Å². The van der Waals surface area contributed by atoms with Crippen molar-refractivity contribution < 1.29 is 18.8 Å². The van der Waals surface area contributed by atoms with Gasteiger partial charge in [0.05, 0.1) is 9.95 Å². The maximum atomic E-state index is 13.8. The molecule has 0 radical (unpaired) electrons. The van der Waals surface area contributed by atoms with Crippen LogP contribution in [0.3, 0.4) is 0 Å². The summed E-state index contributed by atoms with van der Waals surface area (Å²) in [6, 6.07) is 8.36. The first-order valence-corrected chi connectivity index (χ1v) is 7.46. The van der Waals surface area contributed by atoms with E-state index in [0.29, 0.717) is 11.1 Å². The molecule has 0 fully saturated rings. The number of carbonyl (C=O) groups is 1. The number of hydrogen-bond acceptors (Lipinski definition) is 5. The van der Waals surface area contributed by atoms with Crippen molar-refractivity contribution in [1.82, 2.24) is 0 Å². The summed E-state index contributed by atoms with van der Waals surface area (Å²) in [6.45, 7) is 1.56. The Morgan fingerprint density at radius 2 is 2.08 bits per heavy atom. The van der Waals surface area contributed by atoms with E-state index in [9.17, 15) is 19.3 Å². The zero-order valence-corrected chi connectivity index (χ0v) is 13.6. The molecule has 126 valence electrons. The van der Waals surface area contributed by atoms with Gasteiger partial charge in [0.1, 0.15) is 5.82 Å². The number of esters is 1. The highest BCUT2D eigenvalue weighted by molar-refractivity contribution is 6.32. The van der Waals surface area contributed by atoms with E-state index >= 15 is 0 Å². The topological polar surface area (TPSA) is 81.8 Å². The van der Waals surface area contributed by atoms with E-state index in [1.807, 2.05) is 0 Å². The third-order valence-electron chi connectivity index (χ3n) is 3.54. The molecule has 0 atom stereocenters. The van der Waals surface area contributed by atoms with Crippen LogP contribution in [0.4, 0.5) is 10.1 Å². The number of cyclic esters (lactones) is 1. The number of halogens is 2. The molecule has 2 aromatic rings. The van der Waals surface area contributed by atoms with E-state index < -0.39 is 16.7 Å². The molecule has 0 amide bonds. The first-order chi connectivity index (χ1) is 11.9. The minimum atomic E-state index is -0.759. The molecular weight excluding hydrogens is 351 g/mol. The first-order valence-electron chi connectivity index (χ1n) is 7.09. The van der Waals surface area contributed by atoms with Gasteiger partial charge in [0.2, 0.25) is 5.90 Å². The van der Waals surface area contributed by atoms with Crippen molar-refractivity contribution in [1.29, 1.82) is 0 Å². The molecule has 3 rings (SSSR count). The zero-order valence-electron chi connectivity index (χ0n) is 12.8. The van der Waals surface area contributed by atoms with Crippen molar-refractivity contribution in [3.05, 3.63) is 79.7 Å². The van der Waals surface area contributed by atoms with Gasteiger partial charge in [0.15, 0.2) is 5.70 Å². The number of nitro benzene ring substituents is 1. The second-order valence-corrected chi connectivity index (χ2v) is 5.64. The van der Waals surface area contributed by atoms with E-state index in [1.54, 1.807) is 6.92 Å². The molecular formula is C17H10ClFN2O4. The average molecular weight is 361 g/mol. The van der Waals surface area contributed by atoms with E-state index in [4.69, 9.17) is 16.3 Å². The lowest BCUT2D eigenvalue weighted by Gasteiger charge is -2.01. The van der Waals surface area contributed by atoms with Crippen molar-refractivity contribution in [3.8, 4) is 0 Å². The van der Waals surface area contributed by atoms with Crippen LogP contribution in [-0.2, 0) is 9.53 Å². The number of ether oxygens (including phenoxy) is 1. The van der Waals surface area contributed by atoms with Crippen LogP contribution < -0.4 is 0 Å². The number of rotatable bonds is 3. The second-order valence-electron chi connectivity index (χ2n) is 5.23. The van der Waals surface area contributed by atoms with Gasteiger partial charge >= 0.3 is 5.97 Å². The normalized spacial score (nSPS) is 15.2. The summed E-state index contributed by atoms with van der Waals surface area (Å²) in [6.07, 6.45) is 1.20. The molecule has 1 aliphatic rings. The minimum Gasteiger partial charge on any atom is -0.402 e. The molecule has 1 aliphatic heterocycles. The van der Waals surface area contributed by atoms with Crippen LogP contribution >= 0.6 is 11.6 Å². The van der Waals surface area contributed by atoms with Crippen LogP contribution in [0.2, 0.25) is 5.02 Å². The Morgan fingerprint density at radius 3 is 2.72 bits per heavy atom. The summed E-state index contributed by atoms with van der Waals surface area (Å²) in [5.74, 6) is -1.37. The lowest BCUT2D eigenvalue weighted by Crippen LogP contribution is -2.06. The van der Waals surface area contributed by atoms with Crippen LogP contribution in [0.5, 0.6) is 0 Å². The smallest absolute Gasteiger partial charge is 0.363 e. The molecule has 0 bridgehead atoms. The summed E-state index contributed by atoms with van der Waals surface area (Å²) in [4.78, 5) is 26.4. The molecule has 0 spiro atoms. The van der Waals surface area contributed by atoms with E-state index in [-0.39, 0.29) is 27.9 Å². The molecule has 0 N–H and O–H groups in total. The number of aryl methyl sites for hydroxylation is 1. The average Bonchev–Trinajstić information content (AvgIpc) is 2.91. The van der Waals surface area contributed by atoms with E-state index in [2.05, 4.69) is 4.99 Å². The predicted molar refractivity (Wildman–Crippen MR) is 89.8 cm³/mol. The molecule has 8 heteroatoms. The second kappa shape index (κ2) is 6.45. The van der Waals surface area contributed by atoms with Gasteiger partial charge in [0, 0.05) is 22.8 Å². The number of aliphatic imine (C=N–C) groups is 1. The lowest BCUT2D eigenvalue weighted by atomic mass is 10.1. The molecule has 1 heterocycles. The van der Waals surface area contributed by atoms with Gasteiger partial charge in [-0.1, -0.05) is 17.7 Å². The number of nitro groups is 1. The number of hydrogen-bond donors (Lipinski definition) is 0. The van der Waals surface area contributed by atoms with Crippen LogP contribution in [0, 0.1) is 22.9 Å². The maximum absolute atomic E-state index is 13.8. The molecule has 0 aromatic heterocycles. The summed E-state index contributed by atoms with van der Waals surface area (Å²) >= 11 is 5.93. The van der Waals surface area contributed by atoms with Crippen molar-refractivity contribution in [2.24, 2.45) is 4.99 Å². The van der Waals surface area contributed by atoms with Gasteiger partial charge in [-0.3, -0.25) is 10.1 Å². The number of benzene rings is 2. The lowest BCUT2D eigenvalue weighted by molar-refractivity contribution is -0.385. The quantitative estimate of drug-likeness (QED) is 0.358. The molecule has 0 saturated heterocycles. The minimum absolute atomic E-state index is 0.0123. The highest BCUT2D eigenvalue weighted by atomic mass is 35.5. The summed E-state index contributed by atoms with van der Waals surface area (Å²) in [7, 11) is 0. The maximum Gasteiger partial charge on any atom is 0.363 e. The van der Waals surface area contributed by atoms with Crippen molar-refractivity contribution in [3.63, 3.8) is 0 Å². The monoisotopic (exact) mass is 360 g/mol. The zero-order chi connectivity index (χ0) is 18.1. The Hall–Kier alpha value is -3.06. The Balaban J connectivity index is 2.00. The van der Waals surface area contributed by atoms with Gasteiger partial charge in [-0.05, 0) is 37.3 Å². The Kier molecular flexibility index (Phi) is 4.33. The largest absolute Gasteiger partial charge is 0.402 e. The van der Waals surface area contributed by atoms with Crippen molar-refractivity contribution in [2.45, 2.75) is 6.92 Å². The molecule has 6 nitrogen and oxygen atoms in total. The van der Waals surface area contributed by atoms with Crippen LogP contribution in [-0.4, -0.2) is 16.8 Å². The standard InChI is InChI=1S/C17H10ClFN2O4/c1-9-7-10(5-6-15(9)21(23)24)16-20-14(17(22)25-16)8-11-12(18)3-2-4-13(11)19/h2-8H,1H3/b14-8-. The fourth-order valence-corrected chi connectivity index (χ4v) is 2.53. The van der Waals surface area contributed by atoms with Gasteiger partial charge in [0.25, 0.3) is 5.69 Å². The molecule has 0 aliphatic carbocycles. The molecule has 0 saturated carbocycles. The highest BCUT2D eigenvalue weighted by Crippen LogP contribution is 2.26. The Bertz CT molecular complexity index is 949. The fourth-order valence-electron chi connectivity index (χ4n) is 2.31. The van der Waals surface area contributed by atoms with E-state index in [0.717, 1.165) is 0 Å². The van der Waals surface area contributed by atoms with Crippen molar-refractivity contribution in [2.75, 3.05) is 0 Å². The SMILES string of the molecule is Cc1cc(C2=N/C(=C\c3c(F)cccc3Cl)C(=O)O2)ccc1[N+](=O)[O-]. The summed E-state index contributed by atoms with van der Waals surface area (Å²) < 4.78 is 18.9. The Morgan fingerprint density at radius 1 is 1.32 bits per heavy atom. The van der Waals surface area contributed by atoms with Gasteiger partial charge in [-0.2, -0.15) is 0 Å². The number of nitrogens with zero attached hydrogens (tertiary/aromatic N) is 2. The third kappa shape index (κ3) is 3.27. The van der Waals surface area contributed by atoms with Gasteiger partial charge in [-0.25, -0.2) is 14.2 Å². The fraction of sp³-hybridized carbons (Fsp3) is 0.0588. The van der Waals surface area contributed by atoms with Gasteiger partial charge < -0.3 is 4.74 Å². The number of carbonyl (C=O) groups excluding carboxylic acids is 1. The van der Waals surface area contributed by atoms with E-state index in [1.165, 1.54) is 42.5 Å². The molecule has 2 aromatic carbocycles. The van der Waals surface area contributed by atoms with Crippen LogP contribution in [0.25, 0.3) is 6.08 Å². The summed E-state index contributed by atoms with van der Waals surface area (Å²) in [5, 5.41) is 11.0. The third-order valence-corrected chi connectivity index (χ3v) is 3.87.